The van der Waals surface area contributed by atoms with E-state index in [1.54, 1.807) is 42.2 Å². The normalized spacial score (nSPS) is 17.6. The van der Waals surface area contributed by atoms with Crippen molar-refractivity contribution in [3.63, 3.8) is 0 Å². The molecule has 1 aromatic carbocycles. The number of rotatable bonds is 5. The van der Waals surface area contributed by atoms with E-state index < -0.39 is 11.9 Å². The number of anilines is 1. The number of amides is 1. The summed E-state index contributed by atoms with van der Waals surface area (Å²) < 4.78 is 9.49. The SMILES string of the molecule is CCOC(=O)/C=C/c1ccc(N2CC(C(=O)OC)CC2=O)cc1. The molecule has 23 heavy (non-hydrogen) atoms. The largest absolute Gasteiger partial charge is 0.469 e. The van der Waals surface area contributed by atoms with Gasteiger partial charge in [-0.05, 0) is 30.7 Å². The number of carbonyl (C=O) groups excluding carboxylic acids is 3. The molecule has 0 N–H and O–H groups in total. The van der Waals surface area contributed by atoms with Crippen molar-refractivity contribution in [1.29, 1.82) is 0 Å². The first-order chi connectivity index (χ1) is 11.0. The van der Waals surface area contributed by atoms with Crippen molar-refractivity contribution in [1.82, 2.24) is 0 Å². The van der Waals surface area contributed by atoms with E-state index in [4.69, 9.17) is 4.74 Å². The van der Waals surface area contributed by atoms with Crippen molar-refractivity contribution in [2.24, 2.45) is 5.92 Å². The van der Waals surface area contributed by atoms with Crippen molar-refractivity contribution >= 4 is 29.6 Å². The van der Waals surface area contributed by atoms with Crippen LogP contribution < -0.4 is 4.90 Å². The number of ether oxygens (including phenoxy) is 2. The molecule has 0 aliphatic carbocycles. The number of carbonyl (C=O) groups is 3. The third kappa shape index (κ3) is 4.18. The molecule has 0 radical (unpaired) electrons. The Balaban J connectivity index is 2.04. The Morgan fingerprint density at radius 2 is 2.00 bits per heavy atom. The van der Waals surface area contributed by atoms with Crippen LogP contribution in [0.2, 0.25) is 0 Å². The summed E-state index contributed by atoms with van der Waals surface area (Å²) in [5, 5.41) is 0. The summed E-state index contributed by atoms with van der Waals surface area (Å²) in [5.41, 5.74) is 1.53. The molecule has 1 heterocycles. The lowest BCUT2D eigenvalue weighted by Gasteiger charge is -2.16. The van der Waals surface area contributed by atoms with Crippen LogP contribution in [0.5, 0.6) is 0 Å². The maximum absolute atomic E-state index is 12.0. The van der Waals surface area contributed by atoms with Crippen LogP contribution in [0.25, 0.3) is 6.08 Å². The first kappa shape index (κ1) is 16.7. The summed E-state index contributed by atoms with van der Waals surface area (Å²) >= 11 is 0. The van der Waals surface area contributed by atoms with Crippen LogP contribution in [0.4, 0.5) is 5.69 Å². The van der Waals surface area contributed by atoms with Gasteiger partial charge >= 0.3 is 11.9 Å². The lowest BCUT2D eigenvalue weighted by Crippen LogP contribution is -2.26. The molecule has 122 valence electrons. The minimum absolute atomic E-state index is 0.102. The highest BCUT2D eigenvalue weighted by Gasteiger charge is 2.35. The van der Waals surface area contributed by atoms with E-state index >= 15 is 0 Å². The summed E-state index contributed by atoms with van der Waals surface area (Å²) in [4.78, 5) is 36.4. The molecule has 0 spiro atoms. The van der Waals surface area contributed by atoms with E-state index in [9.17, 15) is 14.4 Å². The zero-order chi connectivity index (χ0) is 16.8. The Morgan fingerprint density at radius 1 is 1.30 bits per heavy atom. The molecule has 2 rings (SSSR count). The molecule has 6 nitrogen and oxygen atoms in total. The number of methoxy groups -OCH3 is 1. The predicted octanol–water partition coefficient (Wildman–Crippen LogP) is 1.79. The predicted molar refractivity (Wildman–Crippen MR) is 84.6 cm³/mol. The van der Waals surface area contributed by atoms with Gasteiger partial charge in [-0.2, -0.15) is 0 Å². The molecule has 0 aromatic heterocycles. The van der Waals surface area contributed by atoms with Crippen LogP contribution in [-0.4, -0.2) is 38.1 Å². The van der Waals surface area contributed by atoms with Crippen molar-refractivity contribution in [3.05, 3.63) is 35.9 Å². The van der Waals surface area contributed by atoms with Gasteiger partial charge in [0, 0.05) is 24.7 Å². The standard InChI is InChI=1S/C17H19NO5/c1-3-23-16(20)9-6-12-4-7-14(8-5-12)18-11-13(10-15(18)19)17(21)22-2/h4-9,13H,3,10-11H2,1-2H3/b9-6+. The van der Waals surface area contributed by atoms with Crippen LogP contribution in [0.1, 0.15) is 18.9 Å². The Morgan fingerprint density at radius 3 is 2.61 bits per heavy atom. The summed E-state index contributed by atoms with van der Waals surface area (Å²) in [6.45, 7) is 2.40. The Hall–Kier alpha value is -2.63. The van der Waals surface area contributed by atoms with Gasteiger partial charge in [-0.1, -0.05) is 12.1 Å². The third-order valence-electron chi connectivity index (χ3n) is 3.56. The fourth-order valence-electron chi connectivity index (χ4n) is 2.40. The van der Waals surface area contributed by atoms with Crippen LogP contribution >= 0.6 is 0 Å². The third-order valence-corrected chi connectivity index (χ3v) is 3.56. The fraction of sp³-hybridized carbons (Fsp3) is 0.353. The smallest absolute Gasteiger partial charge is 0.330 e. The highest BCUT2D eigenvalue weighted by Crippen LogP contribution is 2.26. The van der Waals surface area contributed by atoms with Crippen LogP contribution in [0.15, 0.2) is 30.3 Å². The van der Waals surface area contributed by atoms with E-state index in [-0.39, 0.29) is 18.3 Å². The molecule has 1 saturated heterocycles. The van der Waals surface area contributed by atoms with E-state index in [2.05, 4.69) is 4.74 Å². The molecule has 0 bridgehead atoms. The summed E-state index contributed by atoms with van der Waals surface area (Å²) in [6, 6.07) is 7.15. The highest BCUT2D eigenvalue weighted by atomic mass is 16.5. The molecule has 1 fully saturated rings. The van der Waals surface area contributed by atoms with Crippen molar-refractivity contribution in [3.8, 4) is 0 Å². The molecule has 1 aliphatic heterocycles. The summed E-state index contributed by atoms with van der Waals surface area (Å²) in [5.74, 6) is -1.28. The van der Waals surface area contributed by atoms with Gasteiger partial charge in [-0.15, -0.1) is 0 Å². The maximum Gasteiger partial charge on any atom is 0.330 e. The van der Waals surface area contributed by atoms with Crippen LogP contribution in [0.3, 0.4) is 0 Å². The molecule has 1 aliphatic rings. The van der Waals surface area contributed by atoms with E-state index in [1.165, 1.54) is 13.2 Å². The number of hydrogen-bond donors (Lipinski definition) is 0. The van der Waals surface area contributed by atoms with Crippen molar-refractivity contribution < 1.29 is 23.9 Å². The molecule has 0 saturated carbocycles. The quantitative estimate of drug-likeness (QED) is 0.611. The zero-order valence-corrected chi connectivity index (χ0v) is 13.2. The fourth-order valence-corrected chi connectivity index (χ4v) is 2.40. The Labute approximate surface area is 134 Å². The first-order valence-electron chi connectivity index (χ1n) is 7.38. The second-order valence-electron chi connectivity index (χ2n) is 5.11. The van der Waals surface area contributed by atoms with Crippen molar-refractivity contribution in [2.45, 2.75) is 13.3 Å². The van der Waals surface area contributed by atoms with Crippen molar-refractivity contribution in [2.75, 3.05) is 25.2 Å². The van der Waals surface area contributed by atoms with Gasteiger partial charge in [-0.25, -0.2) is 4.79 Å². The first-order valence-corrected chi connectivity index (χ1v) is 7.38. The van der Waals surface area contributed by atoms with Gasteiger partial charge in [0.2, 0.25) is 5.91 Å². The van der Waals surface area contributed by atoms with Crippen LogP contribution in [-0.2, 0) is 23.9 Å². The van der Waals surface area contributed by atoms with Gasteiger partial charge in [0.15, 0.2) is 0 Å². The maximum atomic E-state index is 12.0. The highest BCUT2D eigenvalue weighted by molar-refractivity contribution is 5.99. The molecule has 1 amide bonds. The second kappa shape index (κ2) is 7.58. The number of esters is 2. The van der Waals surface area contributed by atoms with E-state index in [0.29, 0.717) is 13.2 Å². The molecule has 1 aromatic rings. The van der Waals surface area contributed by atoms with Crippen LogP contribution in [0, 0.1) is 5.92 Å². The topological polar surface area (TPSA) is 72.9 Å². The summed E-state index contributed by atoms with van der Waals surface area (Å²) in [6.07, 6.45) is 3.16. The number of hydrogen-bond acceptors (Lipinski definition) is 5. The minimum atomic E-state index is -0.420. The van der Waals surface area contributed by atoms with Gasteiger partial charge in [0.1, 0.15) is 0 Å². The minimum Gasteiger partial charge on any atom is -0.469 e. The summed E-state index contributed by atoms with van der Waals surface area (Å²) in [7, 11) is 1.32. The number of nitrogens with zero attached hydrogens (tertiary/aromatic N) is 1. The van der Waals surface area contributed by atoms with Gasteiger partial charge < -0.3 is 14.4 Å². The van der Waals surface area contributed by atoms with E-state index in [0.717, 1.165) is 11.3 Å². The lowest BCUT2D eigenvalue weighted by molar-refractivity contribution is -0.145. The Kier molecular flexibility index (Phi) is 5.51. The Bertz CT molecular complexity index is 620. The second-order valence-corrected chi connectivity index (χ2v) is 5.11. The van der Waals surface area contributed by atoms with Gasteiger partial charge in [0.05, 0.1) is 19.6 Å². The monoisotopic (exact) mass is 317 g/mol. The average Bonchev–Trinajstić information content (AvgIpc) is 2.95. The average molecular weight is 317 g/mol. The number of benzene rings is 1. The van der Waals surface area contributed by atoms with E-state index in [1.807, 2.05) is 0 Å². The molecular weight excluding hydrogens is 298 g/mol. The lowest BCUT2D eigenvalue weighted by atomic mass is 10.1. The molecule has 1 unspecified atom stereocenters. The van der Waals surface area contributed by atoms with Gasteiger partial charge in [-0.3, -0.25) is 9.59 Å². The van der Waals surface area contributed by atoms with Gasteiger partial charge in [0.25, 0.3) is 0 Å². The molecular formula is C17H19NO5. The zero-order valence-electron chi connectivity index (χ0n) is 13.2. The molecule has 6 heteroatoms. The molecule has 1 atom stereocenters.